The van der Waals surface area contributed by atoms with E-state index in [4.69, 9.17) is 4.74 Å². The molecule has 0 spiro atoms. The molecule has 1 rings (SSSR count). The summed E-state index contributed by atoms with van der Waals surface area (Å²) in [5.74, 6) is 0.316. The van der Waals surface area contributed by atoms with Crippen molar-refractivity contribution in [2.75, 3.05) is 13.2 Å². The predicted molar refractivity (Wildman–Crippen MR) is 61.8 cm³/mol. The molecule has 92 valence electrons. The lowest BCUT2D eigenvalue weighted by atomic mass is 10.2. The zero-order valence-electron chi connectivity index (χ0n) is 10.3. The molecule has 1 amide bonds. The number of carbonyl (C=O) groups is 1. The van der Waals surface area contributed by atoms with Crippen LogP contribution in [0.15, 0.2) is 11.8 Å². The third kappa shape index (κ3) is 3.52. The van der Waals surface area contributed by atoms with Gasteiger partial charge in [0.15, 0.2) is 5.76 Å². The number of carbonyl (C=O) groups excluding carboxylic acids is 1. The molecular weight excluding hydrogens is 206 g/mol. The summed E-state index contributed by atoms with van der Waals surface area (Å²) in [4.78, 5) is 13.7. The Labute approximate surface area is 96.9 Å². The van der Waals surface area contributed by atoms with Gasteiger partial charge in [-0.2, -0.15) is 0 Å². The van der Waals surface area contributed by atoms with Gasteiger partial charge >= 0.3 is 0 Å². The first-order valence-electron chi connectivity index (χ1n) is 5.84. The van der Waals surface area contributed by atoms with E-state index in [9.17, 15) is 9.90 Å². The lowest BCUT2D eigenvalue weighted by Gasteiger charge is -2.29. The Hall–Kier alpha value is -1.03. The zero-order valence-corrected chi connectivity index (χ0v) is 10.3. The molecule has 16 heavy (non-hydrogen) atoms. The van der Waals surface area contributed by atoms with E-state index in [0.29, 0.717) is 18.9 Å². The van der Waals surface area contributed by atoms with Crippen LogP contribution in [-0.2, 0) is 9.53 Å². The second-order valence-corrected chi connectivity index (χ2v) is 4.46. The molecule has 0 aromatic heterocycles. The monoisotopic (exact) mass is 227 g/mol. The average Bonchev–Trinajstić information content (AvgIpc) is 2.25. The summed E-state index contributed by atoms with van der Waals surface area (Å²) in [6.07, 6.45) is 3.18. The molecule has 0 saturated heterocycles. The van der Waals surface area contributed by atoms with Crippen LogP contribution in [0.3, 0.4) is 0 Å². The Morgan fingerprint density at radius 2 is 2.25 bits per heavy atom. The van der Waals surface area contributed by atoms with E-state index in [0.717, 1.165) is 12.8 Å². The van der Waals surface area contributed by atoms with Gasteiger partial charge in [-0.3, -0.25) is 4.79 Å². The van der Waals surface area contributed by atoms with E-state index in [2.05, 4.69) is 0 Å². The van der Waals surface area contributed by atoms with Gasteiger partial charge in [-0.1, -0.05) is 0 Å². The molecule has 0 aliphatic carbocycles. The third-order valence-electron chi connectivity index (χ3n) is 2.49. The number of aliphatic hydroxyl groups excluding tert-OH is 1. The number of amides is 1. The molecule has 0 aromatic rings. The molecule has 0 fully saturated rings. The molecule has 4 heteroatoms. The maximum atomic E-state index is 12.1. The standard InChI is InChI=1S/C12H21NO3/c1-9(2)13(8-10(3)14)12(15)11-6-4-5-7-16-11/h6,9-10,14H,4-5,7-8H2,1-3H3. The molecule has 1 heterocycles. The maximum Gasteiger partial charge on any atom is 0.288 e. The fourth-order valence-corrected chi connectivity index (χ4v) is 1.66. The summed E-state index contributed by atoms with van der Waals surface area (Å²) in [7, 11) is 0. The van der Waals surface area contributed by atoms with Gasteiger partial charge in [0.05, 0.1) is 12.7 Å². The second kappa shape index (κ2) is 5.89. The van der Waals surface area contributed by atoms with E-state index in [1.54, 1.807) is 11.8 Å². The van der Waals surface area contributed by atoms with Gasteiger partial charge in [0.1, 0.15) is 0 Å². The smallest absolute Gasteiger partial charge is 0.288 e. The molecule has 1 unspecified atom stereocenters. The minimum Gasteiger partial charge on any atom is -0.488 e. The first kappa shape index (κ1) is 13.0. The van der Waals surface area contributed by atoms with E-state index >= 15 is 0 Å². The number of hydrogen-bond donors (Lipinski definition) is 1. The van der Waals surface area contributed by atoms with Crippen molar-refractivity contribution in [3.63, 3.8) is 0 Å². The van der Waals surface area contributed by atoms with Crippen LogP contribution in [0.25, 0.3) is 0 Å². The molecule has 0 bridgehead atoms. The normalized spacial score (nSPS) is 17.7. The van der Waals surface area contributed by atoms with Crippen molar-refractivity contribution < 1.29 is 14.6 Å². The highest BCUT2D eigenvalue weighted by Gasteiger charge is 2.24. The van der Waals surface area contributed by atoms with Gasteiger partial charge < -0.3 is 14.7 Å². The van der Waals surface area contributed by atoms with Gasteiger partial charge in [-0.15, -0.1) is 0 Å². The van der Waals surface area contributed by atoms with Gasteiger partial charge in [-0.05, 0) is 39.7 Å². The summed E-state index contributed by atoms with van der Waals surface area (Å²) in [6, 6.07) is 0.0635. The molecule has 0 aromatic carbocycles. The largest absolute Gasteiger partial charge is 0.488 e. The van der Waals surface area contributed by atoms with Gasteiger partial charge in [0.25, 0.3) is 5.91 Å². The summed E-state index contributed by atoms with van der Waals surface area (Å²) in [6.45, 7) is 6.50. The van der Waals surface area contributed by atoms with Crippen LogP contribution in [0, 0.1) is 0 Å². The Balaban J connectivity index is 2.70. The molecule has 1 N–H and O–H groups in total. The number of nitrogens with zero attached hydrogens (tertiary/aromatic N) is 1. The maximum absolute atomic E-state index is 12.1. The molecular formula is C12H21NO3. The van der Waals surface area contributed by atoms with Crippen LogP contribution in [0.5, 0.6) is 0 Å². The third-order valence-corrected chi connectivity index (χ3v) is 2.49. The lowest BCUT2D eigenvalue weighted by molar-refractivity contribution is -0.134. The lowest BCUT2D eigenvalue weighted by Crippen LogP contribution is -2.42. The van der Waals surface area contributed by atoms with Gasteiger partial charge in [0.2, 0.25) is 0 Å². The van der Waals surface area contributed by atoms with Crippen molar-refractivity contribution in [3.8, 4) is 0 Å². The summed E-state index contributed by atoms with van der Waals surface area (Å²) in [5.41, 5.74) is 0. The van der Waals surface area contributed by atoms with Gasteiger partial charge in [-0.25, -0.2) is 0 Å². The van der Waals surface area contributed by atoms with Crippen LogP contribution in [0.1, 0.15) is 33.6 Å². The highest BCUT2D eigenvalue weighted by Crippen LogP contribution is 2.14. The fourth-order valence-electron chi connectivity index (χ4n) is 1.66. The SMILES string of the molecule is CC(O)CN(C(=O)C1=CCCCO1)C(C)C. The highest BCUT2D eigenvalue weighted by molar-refractivity contribution is 5.91. The molecule has 4 nitrogen and oxygen atoms in total. The quantitative estimate of drug-likeness (QED) is 0.787. The molecule has 1 aliphatic rings. The van der Waals surface area contributed by atoms with E-state index < -0.39 is 6.10 Å². The first-order valence-corrected chi connectivity index (χ1v) is 5.84. The Morgan fingerprint density at radius 1 is 1.56 bits per heavy atom. The van der Waals surface area contributed by atoms with E-state index in [1.165, 1.54) is 0 Å². The van der Waals surface area contributed by atoms with E-state index in [-0.39, 0.29) is 11.9 Å². The topological polar surface area (TPSA) is 49.8 Å². The van der Waals surface area contributed by atoms with Crippen LogP contribution >= 0.6 is 0 Å². The first-order chi connectivity index (χ1) is 7.52. The summed E-state index contributed by atoms with van der Waals surface area (Å²) >= 11 is 0. The zero-order chi connectivity index (χ0) is 12.1. The van der Waals surface area contributed by atoms with Crippen molar-refractivity contribution in [3.05, 3.63) is 11.8 Å². The van der Waals surface area contributed by atoms with Crippen molar-refractivity contribution in [1.82, 2.24) is 4.90 Å². The molecule has 0 saturated carbocycles. The number of allylic oxidation sites excluding steroid dienone is 1. The number of aliphatic hydroxyl groups is 1. The number of hydrogen-bond acceptors (Lipinski definition) is 3. The van der Waals surface area contributed by atoms with Crippen LogP contribution in [0.4, 0.5) is 0 Å². The van der Waals surface area contributed by atoms with Crippen LogP contribution < -0.4 is 0 Å². The minimum atomic E-state index is -0.518. The summed E-state index contributed by atoms with van der Waals surface area (Å²) < 4.78 is 5.34. The van der Waals surface area contributed by atoms with Gasteiger partial charge in [0, 0.05) is 12.6 Å². The van der Waals surface area contributed by atoms with Crippen LogP contribution in [0.2, 0.25) is 0 Å². The highest BCUT2D eigenvalue weighted by atomic mass is 16.5. The Morgan fingerprint density at radius 3 is 2.69 bits per heavy atom. The van der Waals surface area contributed by atoms with Crippen molar-refractivity contribution in [2.24, 2.45) is 0 Å². The van der Waals surface area contributed by atoms with Crippen molar-refractivity contribution in [1.29, 1.82) is 0 Å². The van der Waals surface area contributed by atoms with E-state index in [1.807, 2.05) is 19.9 Å². The predicted octanol–water partition coefficient (Wildman–Crippen LogP) is 1.30. The number of rotatable bonds is 4. The summed E-state index contributed by atoms with van der Waals surface area (Å²) in [5, 5.41) is 9.36. The molecule has 1 aliphatic heterocycles. The Kier molecular flexibility index (Phi) is 4.80. The Bertz CT molecular complexity index is 271. The van der Waals surface area contributed by atoms with Crippen LogP contribution in [-0.4, -0.2) is 41.2 Å². The average molecular weight is 227 g/mol. The second-order valence-electron chi connectivity index (χ2n) is 4.46. The van der Waals surface area contributed by atoms with Crippen molar-refractivity contribution in [2.45, 2.75) is 45.8 Å². The van der Waals surface area contributed by atoms with Crippen molar-refractivity contribution >= 4 is 5.91 Å². The fraction of sp³-hybridized carbons (Fsp3) is 0.750. The number of ether oxygens (including phenoxy) is 1. The molecule has 0 radical (unpaired) electrons. The molecule has 1 atom stereocenters. The minimum absolute atomic E-state index is 0.0635.